The number of anilines is 1. The van der Waals surface area contributed by atoms with Gasteiger partial charge >= 0.3 is 0 Å². The van der Waals surface area contributed by atoms with E-state index in [0.717, 1.165) is 33.6 Å². The first-order chi connectivity index (χ1) is 17.2. The molecule has 168 valence electrons. The number of nitrogens with zero attached hydrogens (tertiary/aromatic N) is 3. The maximum absolute atomic E-state index is 13.7. The molecule has 2 aliphatic heterocycles. The minimum atomic E-state index is -0.225. The van der Waals surface area contributed by atoms with E-state index in [1.54, 1.807) is 0 Å². The largest absolute Gasteiger partial charge is 0.320 e. The fraction of sp³-hybridized carbons (Fsp3) is 0.0333. The van der Waals surface area contributed by atoms with Gasteiger partial charge in [0.2, 0.25) is 0 Å². The number of amidine groups is 2. The van der Waals surface area contributed by atoms with E-state index in [0.29, 0.717) is 23.1 Å². The number of rotatable bonds is 2. The van der Waals surface area contributed by atoms with Gasteiger partial charge in [-0.1, -0.05) is 84.4 Å². The third kappa shape index (κ3) is 3.83. The van der Waals surface area contributed by atoms with Crippen LogP contribution in [0.5, 0.6) is 0 Å². The SMILES string of the molecule is Cc1ccc(C2=Nc3ccccc3N=C3c4ccccc4NC(=O)/C(=C\c4ccccc4)N23)cc1. The van der Waals surface area contributed by atoms with Gasteiger partial charge < -0.3 is 5.32 Å². The van der Waals surface area contributed by atoms with Gasteiger partial charge in [-0.15, -0.1) is 0 Å². The molecule has 0 spiro atoms. The molecule has 4 aromatic rings. The predicted molar refractivity (Wildman–Crippen MR) is 141 cm³/mol. The van der Waals surface area contributed by atoms with Crippen molar-refractivity contribution >= 4 is 40.7 Å². The molecule has 0 bridgehead atoms. The van der Waals surface area contributed by atoms with E-state index < -0.39 is 0 Å². The third-order valence-corrected chi connectivity index (χ3v) is 6.06. The van der Waals surface area contributed by atoms with Crippen LogP contribution in [-0.4, -0.2) is 22.5 Å². The standard InChI is InChI=1S/C30H22N4O/c1-20-15-17-22(18-16-20)28-31-25-13-7-8-14-26(25)32-29-23-11-5-6-12-24(23)33-30(35)27(34(28)29)19-21-9-3-2-4-10-21/h2-19H,1H3,(H,33,35)/b27-19+. The molecule has 0 aromatic heterocycles. The molecule has 5 nitrogen and oxygen atoms in total. The van der Waals surface area contributed by atoms with Crippen molar-refractivity contribution in [2.24, 2.45) is 9.98 Å². The van der Waals surface area contributed by atoms with Crippen LogP contribution in [0.2, 0.25) is 0 Å². The fourth-order valence-electron chi connectivity index (χ4n) is 4.30. The number of aliphatic imine (C=N–C) groups is 2. The summed E-state index contributed by atoms with van der Waals surface area (Å²) in [5.41, 5.74) is 6.43. The van der Waals surface area contributed by atoms with Crippen LogP contribution < -0.4 is 5.32 Å². The Morgan fingerprint density at radius 1 is 0.714 bits per heavy atom. The van der Waals surface area contributed by atoms with E-state index >= 15 is 0 Å². The molecule has 2 aliphatic rings. The molecule has 0 atom stereocenters. The Morgan fingerprint density at radius 3 is 2.09 bits per heavy atom. The van der Waals surface area contributed by atoms with Crippen LogP contribution in [0.1, 0.15) is 22.3 Å². The molecule has 2 heterocycles. The minimum absolute atomic E-state index is 0.225. The van der Waals surface area contributed by atoms with E-state index in [4.69, 9.17) is 9.98 Å². The highest BCUT2D eigenvalue weighted by Crippen LogP contribution is 2.37. The van der Waals surface area contributed by atoms with Gasteiger partial charge in [0.15, 0.2) is 0 Å². The van der Waals surface area contributed by atoms with Crippen LogP contribution >= 0.6 is 0 Å². The molecule has 1 N–H and O–H groups in total. The number of hydrogen-bond donors (Lipinski definition) is 1. The van der Waals surface area contributed by atoms with E-state index in [2.05, 4.69) is 24.4 Å². The number of aryl methyl sites for hydroxylation is 1. The lowest BCUT2D eigenvalue weighted by atomic mass is 10.1. The summed E-state index contributed by atoms with van der Waals surface area (Å²) in [6.45, 7) is 2.05. The Hall–Kier alpha value is -4.77. The van der Waals surface area contributed by atoms with Crippen LogP contribution in [0.25, 0.3) is 6.08 Å². The van der Waals surface area contributed by atoms with Gasteiger partial charge in [-0.05, 0) is 42.8 Å². The van der Waals surface area contributed by atoms with Crippen LogP contribution in [0, 0.1) is 6.92 Å². The number of para-hydroxylation sites is 3. The molecule has 35 heavy (non-hydrogen) atoms. The Bertz CT molecular complexity index is 1530. The predicted octanol–water partition coefficient (Wildman–Crippen LogP) is 6.46. The summed E-state index contributed by atoms with van der Waals surface area (Å²) in [7, 11) is 0. The molecule has 4 aromatic carbocycles. The highest BCUT2D eigenvalue weighted by molar-refractivity contribution is 6.27. The number of carbonyl (C=O) groups excluding carboxylic acids is 1. The van der Waals surface area contributed by atoms with Crippen LogP contribution in [0.15, 0.2) is 119 Å². The third-order valence-electron chi connectivity index (χ3n) is 6.06. The molecule has 0 saturated carbocycles. The molecular weight excluding hydrogens is 432 g/mol. The minimum Gasteiger partial charge on any atom is -0.320 e. The van der Waals surface area contributed by atoms with Gasteiger partial charge in [-0.25, -0.2) is 9.98 Å². The lowest BCUT2D eigenvalue weighted by Crippen LogP contribution is -2.38. The van der Waals surface area contributed by atoms with E-state index in [9.17, 15) is 4.79 Å². The number of carbonyl (C=O) groups is 1. The Morgan fingerprint density at radius 2 is 1.34 bits per heavy atom. The van der Waals surface area contributed by atoms with Gasteiger partial charge in [0.05, 0.1) is 17.1 Å². The molecule has 0 saturated heterocycles. The highest BCUT2D eigenvalue weighted by atomic mass is 16.2. The number of amides is 1. The Labute approximate surface area is 203 Å². The first-order valence-corrected chi connectivity index (χ1v) is 11.5. The topological polar surface area (TPSA) is 57.1 Å². The van der Waals surface area contributed by atoms with Crippen molar-refractivity contribution in [1.82, 2.24) is 4.90 Å². The van der Waals surface area contributed by atoms with Crippen molar-refractivity contribution in [3.05, 3.63) is 131 Å². The maximum atomic E-state index is 13.7. The van der Waals surface area contributed by atoms with Gasteiger partial charge in [0.1, 0.15) is 17.4 Å². The lowest BCUT2D eigenvalue weighted by Gasteiger charge is -2.26. The zero-order chi connectivity index (χ0) is 23.8. The summed E-state index contributed by atoms with van der Waals surface area (Å²) >= 11 is 0. The summed E-state index contributed by atoms with van der Waals surface area (Å²) in [6.07, 6.45) is 1.89. The molecule has 6 rings (SSSR count). The summed E-state index contributed by atoms with van der Waals surface area (Å²) < 4.78 is 0. The summed E-state index contributed by atoms with van der Waals surface area (Å²) in [5.74, 6) is 1.06. The second-order valence-corrected chi connectivity index (χ2v) is 8.50. The van der Waals surface area contributed by atoms with Gasteiger partial charge in [0.25, 0.3) is 5.91 Å². The molecule has 5 heteroatoms. The Balaban J connectivity index is 1.69. The molecule has 1 amide bonds. The summed E-state index contributed by atoms with van der Waals surface area (Å²) in [4.78, 5) is 25.8. The average molecular weight is 455 g/mol. The first-order valence-electron chi connectivity index (χ1n) is 11.5. The monoisotopic (exact) mass is 454 g/mol. The van der Waals surface area contributed by atoms with Gasteiger partial charge in [0, 0.05) is 11.1 Å². The number of fused-ring (bicyclic) bond motifs is 4. The molecule has 0 fully saturated rings. The highest BCUT2D eigenvalue weighted by Gasteiger charge is 2.34. The van der Waals surface area contributed by atoms with Crippen molar-refractivity contribution in [2.75, 3.05) is 5.32 Å². The molecule has 0 radical (unpaired) electrons. The molecular formula is C30H22N4O. The number of benzene rings is 4. The molecule has 0 unspecified atom stereocenters. The number of nitrogens with one attached hydrogen (secondary N) is 1. The van der Waals surface area contributed by atoms with E-state index in [-0.39, 0.29) is 5.91 Å². The van der Waals surface area contributed by atoms with E-state index in [1.165, 1.54) is 0 Å². The van der Waals surface area contributed by atoms with Crippen molar-refractivity contribution in [3.63, 3.8) is 0 Å². The zero-order valence-corrected chi connectivity index (χ0v) is 19.1. The summed E-state index contributed by atoms with van der Waals surface area (Å²) in [6, 6.07) is 33.6. The smallest absolute Gasteiger partial charge is 0.272 e. The van der Waals surface area contributed by atoms with E-state index in [1.807, 2.05) is 102 Å². The Kier molecular flexibility index (Phi) is 5.08. The van der Waals surface area contributed by atoms with Gasteiger partial charge in [-0.3, -0.25) is 9.69 Å². The second-order valence-electron chi connectivity index (χ2n) is 8.50. The van der Waals surface area contributed by atoms with Crippen LogP contribution in [0.3, 0.4) is 0 Å². The maximum Gasteiger partial charge on any atom is 0.272 e. The van der Waals surface area contributed by atoms with Crippen molar-refractivity contribution in [2.45, 2.75) is 6.92 Å². The van der Waals surface area contributed by atoms with Crippen LogP contribution in [0.4, 0.5) is 17.1 Å². The fourth-order valence-corrected chi connectivity index (χ4v) is 4.30. The first kappa shape index (κ1) is 20.8. The number of hydrogen-bond acceptors (Lipinski definition) is 4. The zero-order valence-electron chi connectivity index (χ0n) is 19.1. The quantitative estimate of drug-likeness (QED) is 0.353. The normalized spacial score (nSPS) is 15.6. The lowest BCUT2D eigenvalue weighted by molar-refractivity contribution is -0.113. The van der Waals surface area contributed by atoms with Crippen molar-refractivity contribution < 1.29 is 4.79 Å². The average Bonchev–Trinajstić information content (AvgIpc) is 3.12. The molecule has 0 aliphatic carbocycles. The second kappa shape index (κ2) is 8.54. The van der Waals surface area contributed by atoms with Gasteiger partial charge in [-0.2, -0.15) is 0 Å². The van der Waals surface area contributed by atoms with Crippen LogP contribution in [-0.2, 0) is 4.79 Å². The van der Waals surface area contributed by atoms with Crippen molar-refractivity contribution in [3.8, 4) is 0 Å². The van der Waals surface area contributed by atoms with Crippen molar-refractivity contribution in [1.29, 1.82) is 0 Å². The summed E-state index contributed by atoms with van der Waals surface area (Å²) in [5, 5.41) is 3.09.